The SMILES string of the molecule is Cc1ccccc1OCCCC(=O)NCCN(C(C)C)C(C)C. The maximum atomic E-state index is 11.9. The fourth-order valence-electron chi connectivity index (χ4n) is 2.66. The van der Waals surface area contributed by atoms with Crippen molar-refractivity contribution in [1.29, 1.82) is 0 Å². The Kier molecular flexibility index (Phi) is 8.70. The van der Waals surface area contributed by atoms with Crippen molar-refractivity contribution in [2.45, 2.75) is 59.5 Å². The van der Waals surface area contributed by atoms with Crippen LogP contribution in [0.2, 0.25) is 0 Å². The minimum Gasteiger partial charge on any atom is -0.493 e. The highest BCUT2D eigenvalue weighted by molar-refractivity contribution is 5.75. The first kappa shape index (κ1) is 19.5. The summed E-state index contributed by atoms with van der Waals surface area (Å²) in [5.74, 6) is 1.00. The molecule has 0 radical (unpaired) electrons. The molecule has 0 aliphatic rings. The van der Waals surface area contributed by atoms with Crippen LogP contribution < -0.4 is 10.1 Å². The lowest BCUT2D eigenvalue weighted by Gasteiger charge is -2.30. The van der Waals surface area contributed by atoms with E-state index >= 15 is 0 Å². The number of carbonyl (C=O) groups is 1. The summed E-state index contributed by atoms with van der Waals surface area (Å²) < 4.78 is 5.70. The van der Waals surface area contributed by atoms with Gasteiger partial charge in [-0.1, -0.05) is 18.2 Å². The minimum atomic E-state index is 0.103. The van der Waals surface area contributed by atoms with Gasteiger partial charge >= 0.3 is 0 Å². The Balaban J connectivity index is 2.16. The van der Waals surface area contributed by atoms with E-state index in [1.165, 1.54) is 0 Å². The predicted molar refractivity (Wildman–Crippen MR) is 95.9 cm³/mol. The van der Waals surface area contributed by atoms with Crippen LogP contribution in [0.3, 0.4) is 0 Å². The second kappa shape index (κ2) is 10.3. The molecule has 0 atom stereocenters. The van der Waals surface area contributed by atoms with Crippen LogP contribution in [0.1, 0.15) is 46.1 Å². The van der Waals surface area contributed by atoms with E-state index in [9.17, 15) is 4.79 Å². The molecule has 4 nitrogen and oxygen atoms in total. The molecular weight excluding hydrogens is 288 g/mol. The molecule has 4 heteroatoms. The van der Waals surface area contributed by atoms with Crippen LogP contribution in [0.15, 0.2) is 24.3 Å². The van der Waals surface area contributed by atoms with Gasteiger partial charge in [0, 0.05) is 31.6 Å². The van der Waals surface area contributed by atoms with Gasteiger partial charge in [0.1, 0.15) is 5.75 Å². The number of rotatable bonds is 10. The third-order valence-corrected chi connectivity index (χ3v) is 3.92. The van der Waals surface area contributed by atoms with Crippen molar-refractivity contribution in [3.05, 3.63) is 29.8 Å². The molecule has 0 saturated heterocycles. The van der Waals surface area contributed by atoms with Crippen LogP contribution in [0, 0.1) is 6.92 Å². The van der Waals surface area contributed by atoms with Gasteiger partial charge in [-0.15, -0.1) is 0 Å². The zero-order valence-electron chi connectivity index (χ0n) is 15.3. The topological polar surface area (TPSA) is 41.6 Å². The molecule has 130 valence electrons. The lowest BCUT2D eigenvalue weighted by atomic mass is 10.2. The number of nitrogens with zero attached hydrogens (tertiary/aromatic N) is 1. The minimum absolute atomic E-state index is 0.103. The van der Waals surface area contributed by atoms with E-state index in [1.807, 2.05) is 31.2 Å². The number of nitrogens with one attached hydrogen (secondary N) is 1. The van der Waals surface area contributed by atoms with Crippen molar-refractivity contribution in [3.63, 3.8) is 0 Å². The number of ether oxygens (including phenoxy) is 1. The molecule has 1 aromatic carbocycles. The van der Waals surface area contributed by atoms with Crippen molar-refractivity contribution >= 4 is 5.91 Å². The molecular formula is C19H32N2O2. The zero-order valence-corrected chi connectivity index (χ0v) is 15.3. The standard InChI is InChI=1S/C19H32N2O2/c1-15(2)21(16(3)4)13-12-20-19(22)11-8-14-23-18-10-7-6-9-17(18)5/h6-7,9-10,15-16H,8,11-14H2,1-5H3,(H,20,22). The second-order valence-corrected chi connectivity index (χ2v) is 6.49. The number of para-hydroxylation sites is 1. The lowest BCUT2D eigenvalue weighted by molar-refractivity contribution is -0.121. The van der Waals surface area contributed by atoms with Crippen LogP contribution >= 0.6 is 0 Å². The van der Waals surface area contributed by atoms with Gasteiger partial charge in [0.25, 0.3) is 0 Å². The van der Waals surface area contributed by atoms with Gasteiger partial charge in [-0.3, -0.25) is 9.69 Å². The molecule has 0 saturated carbocycles. The highest BCUT2D eigenvalue weighted by Gasteiger charge is 2.12. The first-order chi connectivity index (χ1) is 10.9. The molecule has 0 aromatic heterocycles. The quantitative estimate of drug-likeness (QED) is 0.672. The number of amides is 1. The van der Waals surface area contributed by atoms with Crippen molar-refractivity contribution < 1.29 is 9.53 Å². The van der Waals surface area contributed by atoms with Crippen LogP contribution in [0.25, 0.3) is 0 Å². The largest absolute Gasteiger partial charge is 0.493 e. The van der Waals surface area contributed by atoms with E-state index in [0.29, 0.717) is 31.7 Å². The Bertz CT molecular complexity index is 464. The Hall–Kier alpha value is -1.55. The van der Waals surface area contributed by atoms with E-state index in [1.54, 1.807) is 0 Å². The molecule has 0 aliphatic carbocycles. The lowest BCUT2D eigenvalue weighted by Crippen LogP contribution is -2.42. The van der Waals surface area contributed by atoms with Crippen molar-refractivity contribution in [2.24, 2.45) is 0 Å². The molecule has 0 bridgehead atoms. The highest BCUT2D eigenvalue weighted by atomic mass is 16.5. The number of hydrogen-bond acceptors (Lipinski definition) is 3. The summed E-state index contributed by atoms with van der Waals surface area (Å²) in [6.07, 6.45) is 1.24. The van der Waals surface area contributed by atoms with Gasteiger partial charge in [-0.2, -0.15) is 0 Å². The average Bonchev–Trinajstić information content (AvgIpc) is 2.49. The van der Waals surface area contributed by atoms with Crippen molar-refractivity contribution in [2.75, 3.05) is 19.7 Å². The van der Waals surface area contributed by atoms with Crippen molar-refractivity contribution in [3.8, 4) is 5.75 Å². The molecule has 0 heterocycles. The maximum Gasteiger partial charge on any atom is 0.220 e. The summed E-state index contributed by atoms with van der Waals surface area (Å²) in [7, 11) is 0. The Labute approximate surface area is 141 Å². The molecule has 0 fully saturated rings. The normalized spacial score (nSPS) is 11.3. The number of hydrogen-bond donors (Lipinski definition) is 1. The summed E-state index contributed by atoms with van der Waals surface area (Å²) in [6.45, 7) is 12.9. The van der Waals surface area contributed by atoms with Crippen LogP contribution in [-0.4, -0.2) is 42.6 Å². The highest BCUT2D eigenvalue weighted by Crippen LogP contribution is 2.16. The van der Waals surface area contributed by atoms with E-state index in [2.05, 4.69) is 37.9 Å². The van der Waals surface area contributed by atoms with Gasteiger partial charge in [0.2, 0.25) is 5.91 Å². The summed E-state index contributed by atoms with van der Waals surface area (Å²) in [5.41, 5.74) is 1.12. The van der Waals surface area contributed by atoms with E-state index in [4.69, 9.17) is 4.74 Å². The van der Waals surface area contributed by atoms with E-state index in [-0.39, 0.29) is 5.91 Å². The fraction of sp³-hybridized carbons (Fsp3) is 0.632. The summed E-state index contributed by atoms with van der Waals surface area (Å²) in [5, 5.41) is 3.00. The molecule has 0 aliphatic heterocycles. The molecule has 23 heavy (non-hydrogen) atoms. The Morgan fingerprint density at radius 2 is 1.83 bits per heavy atom. The number of aryl methyl sites for hydroxylation is 1. The third kappa shape index (κ3) is 7.51. The molecule has 1 N–H and O–H groups in total. The third-order valence-electron chi connectivity index (χ3n) is 3.92. The first-order valence-electron chi connectivity index (χ1n) is 8.62. The van der Waals surface area contributed by atoms with Gasteiger partial charge in [-0.05, 0) is 52.7 Å². The van der Waals surface area contributed by atoms with Crippen LogP contribution in [0.5, 0.6) is 5.75 Å². The zero-order chi connectivity index (χ0) is 17.2. The maximum absolute atomic E-state index is 11.9. The van der Waals surface area contributed by atoms with Gasteiger partial charge in [-0.25, -0.2) is 0 Å². The van der Waals surface area contributed by atoms with Crippen LogP contribution in [-0.2, 0) is 4.79 Å². The Morgan fingerprint density at radius 1 is 1.17 bits per heavy atom. The second-order valence-electron chi connectivity index (χ2n) is 6.49. The Morgan fingerprint density at radius 3 is 2.43 bits per heavy atom. The van der Waals surface area contributed by atoms with Gasteiger partial charge in [0.05, 0.1) is 6.61 Å². The number of carbonyl (C=O) groups excluding carboxylic acids is 1. The molecule has 1 rings (SSSR count). The van der Waals surface area contributed by atoms with Gasteiger partial charge in [0.15, 0.2) is 0 Å². The molecule has 1 amide bonds. The molecule has 0 unspecified atom stereocenters. The number of benzene rings is 1. The summed E-state index contributed by atoms with van der Waals surface area (Å²) >= 11 is 0. The molecule has 0 spiro atoms. The monoisotopic (exact) mass is 320 g/mol. The van der Waals surface area contributed by atoms with Crippen LogP contribution in [0.4, 0.5) is 0 Å². The summed E-state index contributed by atoms with van der Waals surface area (Å²) in [6, 6.07) is 8.93. The fourth-order valence-corrected chi connectivity index (χ4v) is 2.66. The molecule has 1 aromatic rings. The average molecular weight is 320 g/mol. The predicted octanol–water partition coefficient (Wildman–Crippen LogP) is 3.39. The van der Waals surface area contributed by atoms with E-state index in [0.717, 1.165) is 24.3 Å². The summed E-state index contributed by atoms with van der Waals surface area (Å²) in [4.78, 5) is 14.2. The first-order valence-corrected chi connectivity index (χ1v) is 8.62. The van der Waals surface area contributed by atoms with E-state index < -0.39 is 0 Å². The smallest absolute Gasteiger partial charge is 0.220 e. The van der Waals surface area contributed by atoms with Crippen molar-refractivity contribution in [1.82, 2.24) is 10.2 Å². The van der Waals surface area contributed by atoms with Gasteiger partial charge < -0.3 is 10.1 Å².